The number of aromatic nitrogens is 2. The van der Waals surface area contributed by atoms with E-state index in [9.17, 15) is 0 Å². The number of halogens is 1. The molecule has 1 aliphatic heterocycles. The standard InChI is InChI=1S/C10H11IN2/c1-8-7-12-9-3-4-10(2,11)5-6-13(8)9/h3-7H,1-2H3. The molecule has 2 nitrogen and oxygen atoms in total. The number of fused-ring (bicyclic) bond motifs is 1. The quantitative estimate of drug-likeness (QED) is 0.529. The molecule has 1 aromatic rings. The third-order valence-electron chi connectivity index (χ3n) is 2.12. The van der Waals surface area contributed by atoms with E-state index in [4.69, 9.17) is 0 Å². The third-order valence-corrected chi connectivity index (χ3v) is 2.84. The highest BCUT2D eigenvalue weighted by molar-refractivity contribution is 14.1. The number of alkyl halides is 1. The molecule has 1 aromatic heterocycles. The van der Waals surface area contributed by atoms with Crippen molar-refractivity contribution in [3.8, 4) is 0 Å². The second-order valence-electron chi connectivity index (χ2n) is 3.43. The molecule has 2 heterocycles. The smallest absolute Gasteiger partial charge is 0.136 e. The predicted octanol–water partition coefficient (Wildman–Crippen LogP) is 2.88. The van der Waals surface area contributed by atoms with Crippen LogP contribution in [-0.2, 0) is 0 Å². The van der Waals surface area contributed by atoms with Gasteiger partial charge in [-0.25, -0.2) is 4.98 Å². The number of hydrogen-bond donors (Lipinski definition) is 0. The van der Waals surface area contributed by atoms with Crippen LogP contribution in [0.25, 0.3) is 12.3 Å². The molecule has 68 valence electrons. The fourth-order valence-electron chi connectivity index (χ4n) is 1.30. The summed E-state index contributed by atoms with van der Waals surface area (Å²) in [5.74, 6) is 1.01. The van der Waals surface area contributed by atoms with Crippen molar-refractivity contribution in [3.05, 3.63) is 29.9 Å². The summed E-state index contributed by atoms with van der Waals surface area (Å²) in [4.78, 5) is 4.30. The van der Waals surface area contributed by atoms with Gasteiger partial charge in [0.1, 0.15) is 5.82 Å². The van der Waals surface area contributed by atoms with Crippen LogP contribution in [0.3, 0.4) is 0 Å². The Hall–Kier alpha value is -0.580. The minimum atomic E-state index is 0.102. The zero-order chi connectivity index (χ0) is 9.47. The number of imidazole rings is 1. The first kappa shape index (κ1) is 8.99. The van der Waals surface area contributed by atoms with E-state index in [0.29, 0.717) is 0 Å². The minimum Gasteiger partial charge on any atom is -0.305 e. The highest BCUT2D eigenvalue weighted by Crippen LogP contribution is 2.26. The summed E-state index contributed by atoms with van der Waals surface area (Å²) in [5.41, 5.74) is 1.17. The maximum Gasteiger partial charge on any atom is 0.136 e. The van der Waals surface area contributed by atoms with Crippen molar-refractivity contribution in [2.45, 2.75) is 17.3 Å². The van der Waals surface area contributed by atoms with Gasteiger partial charge in [0.05, 0.1) is 3.42 Å². The Balaban J connectivity index is 2.54. The number of nitrogens with zero attached hydrogens (tertiary/aromatic N) is 2. The lowest BCUT2D eigenvalue weighted by molar-refractivity contribution is 1.04. The molecule has 0 fully saturated rings. The van der Waals surface area contributed by atoms with Crippen molar-refractivity contribution >= 4 is 34.9 Å². The summed E-state index contributed by atoms with van der Waals surface area (Å²) in [6.45, 7) is 4.23. The van der Waals surface area contributed by atoms with Crippen LogP contribution in [0.1, 0.15) is 18.4 Å². The van der Waals surface area contributed by atoms with Crippen molar-refractivity contribution in [1.29, 1.82) is 0 Å². The van der Waals surface area contributed by atoms with Crippen molar-refractivity contribution < 1.29 is 0 Å². The van der Waals surface area contributed by atoms with E-state index in [1.807, 2.05) is 6.20 Å². The largest absolute Gasteiger partial charge is 0.305 e. The van der Waals surface area contributed by atoms with Crippen molar-refractivity contribution in [2.24, 2.45) is 0 Å². The molecule has 0 bridgehead atoms. The first-order valence-electron chi connectivity index (χ1n) is 4.20. The van der Waals surface area contributed by atoms with Crippen molar-refractivity contribution in [2.75, 3.05) is 0 Å². The summed E-state index contributed by atoms with van der Waals surface area (Å²) in [7, 11) is 0. The minimum absolute atomic E-state index is 0.102. The van der Waals surface area contributed by atoms with Crippen LogP contribution in [0.5, 0.6) is 0 Å². The zero-order valence-electron chi connectivity index (χ0n) is 7.66. The molecule has 0 amide bonds. The molecule has 0 aliphatic carbocycles. The van der Waals surface area contributed by atoms with E-state index < -0.39 is 0 Å². The van der Waals surface area contributed by atoms with E-state index in [-0.39, 0.29) is 3.42 Å². The van der Waals surface area contributed by atoms with E-state index in [0.717, 1.165) is 5.82 Å². The Morgan fingerprint density at radius 1 is 1.46 bits per heavy atom. The maximum atomic E-state index is 4.30. The molecular weight excluding hydrogens is 275 g/mol. The average molecular weight is 286 g/mol. The van der Waals surface area contributed by atoms with Gasteiger partial charge in [0.2, 0.25) is 0 Å². The van der Waals surface area contributed by atoms with Gasteiger partial charge in [-0.2, -0.15) is 0 Å². The molecule has 0 spiro atoms. The summed E-state index contributed by atoms with van der Waals surface area (Å²) in [6, 6.07) is 0. The zero-order valence-corrected chi connectivity index (χ0v) is 9.82. The lowest BCUT2D eigenvalue weighted by atomic mass is 10.2. The summed E-state index contributed by atoms with van der Waals surface area (Å²) in [6.07, 6.45) is 10.4. The molecule has 1 unspecified atom stereocenters. The molecule has 0 aromatic carbocycles. The first-order chi connectivity index (χ1) is 6.08. The molecule has 0 radical (unpaired) electrons. The molecule has 1 aliphatic rings. The molecule has 13 heavy (non-hydrogen) atoms. The molecule has 0 saturated carbocycles. The van der Waals surface area contributed by atoms with Crippen LogP contribution < -0.4 is 0 Å². The second-order valence-corrected chi connectivity index (χ2v) is 5.75. The van der Waals surface area contributed by atoms with Gasteiger partial charge in [0, 0.05) is 18.1 Å². The van der Waals surface area contributed by atoms with E-state index in [2.05, 4.69) is 70.4 Å². The van der Waals surface area contributed by atoms with Crippen LogP contribution >= 0.6 is 22.6 Å². The first-order valence-corrected chi connectivity index (χ1v) is 5.28. The molecule has 0 saturated heterocycles. The predicted molar refractivity (Wildman–Crippen MR) is 63.8 cm³/mol. The third kappa shape index (κ3) is 1.70. The number of allylic oxidation sites excluding steroid dienone is 2. The van der Waals surface area contributed by atoms with Gasteiger partial charge in [-0.15, -0.1) is 0 Å². The summed E-state index contributed by atoms with van der Waals surface area (Å²) < 4.78 is 2.20. The van der Waals surface area contributed by atoms with E-state index in [1.54, 1.807) is 0 Å². The normalized spacial score (nSPS) is 25.8. The van der Waals surface area contributed by atoms with Gasteiger partial charge in [-0.3, -0.25) is 0 Å². The van der Waals surface area contributed by atoms with Crippen LogP contribution in [0, 0.1) is 6.92 Å². The topological polar surface area (TPSA) is 17.8 Å². The van der Waals surface area contributed by atoms with Crippen LogP contribution in [-0.4, -0.2) is 13.0 Å². The van der Waals surface area contributed by atoms with Gasteiger partial charge in [-0.1, -0.05) is 28.7 Å². The van der Waals surface area contributed by atoms with Crippen molar-refractivity contribution in [3.63, 3.8) is 0 Å². The van der Waals surface area contributed by atoms with Crippen LogP contribution in [0.2, 0.25) is 0 Å². The number of rotatable bonds is 0. The number of hydrogen-bond acceptors (Lipinski definition) is 1. The Kier molecular flexibility index (Phi) is 2.06. The molecule has 2 rings (SSSR count). The second kappa shape index (κ2) is 2.97. The molecule has 0 N–H and O–H groups in total. The Morgan fingerprint density at radius 2 is 2.23 bits per heavy atom. The highest BCUT2D eigenvalue weighted by Gasteiger charge is 2.15. The van der Waals surface area contributed by atoms with Crippen LogP contribution in [0.15, 0.2) is 18.3 Å². The van der Waals surface area contributed by atoms with Gasteiger partial charge in [0.15, 0.2) is 0 Å². The fourth-order valence-corrected chi connectivity index (χ4v) is 1.64. The van der Waals surface area contributed by atoms with Gasteiger partial charge < -0.3 is 4.57 Å². The average Bonchev–Trinajstić information content (AvgIpc) is 2.32. The molecule has 1 atom stereocenters. The maximum absolute atomic E-state index is 4.30. The van der Waals surface area contributed by atoms with Crippen LogP contribution in [0.4, 0.5) is 0 Å². The van der Waals surface area contributed by atoms with Gasteiger partial charge in [0.25, 0.3) is 0 Å². The van der Waals surface area contributed by atoms with E-state index >= 15 is 0 Å². The fraction of sp³-hybridized carbons (Fsp3) is 0.300. The van der Waals surface area contributed by atoms with Gasteiger partial charge in [-0.05, 0) is 26.0 Å². The molecule has 3 heteroatoms. The van der Waals surface area contributed by atoms with Gasteiger partial charge >= 0.3 is 0 Å². The monoisotopic (exact) mass is 286 g/mol. The lowest BCUT2D eigenvalue weighted by Gasteiger charge is -2.09. The lowest BCUT2D eigenvalue weighted by Crippen LogP contribution is -2.04. The molecular formula is C10H11IN2. The highest BCUT2D eigenvalue weighted by atomic mass is 127. The summed E-state index contributed by atoms with van der Waals surface area (Å²) >= 11 is 2.41. The Labute approximate surface area is 91.5 Å². The van der Waals surface area contributed by atoms with Crippen molar-refractivity contribution in [1.82, 2.24) is 9.55 Å². The Morgan fingerprint density at radius 3 is 3.00 bits per heavy atom. The summed E-state index contributed by atoms with van der Waals surface area (Å²) in [5, 5.41) is 0. The SMILES string of the molecule is Cc1cnc2n1C=CC(C)(I)C=C2. The van der Waals surface area contributed by atoms with E-state index in [1.165, 1.54) is 5.69 Å². The number of aryl methyl sites for hydroxylation is 1. The Bertz CT molecular complexity index is 386.